The molecule has 5 rings (SSSR count). The third-order valence-corrected chi connectivity index (χ3v) is 5.92. The minimum Gasteiger partial charge on any atom is -0.478 e. The van der Waals surface area contributed by atoms with Gasteiger partial charge in [-0.1, -0.05) is 12.1 Å². The van der Waals surface area contributed by atoms with Gasteiger partial charge in [0.15, 0.2) is 5.43 Å². The van der Waals surface area contributed by atoms with Gasteiger partial charge in [0.25, 0.3) is 0 Å². The fraction of sp³-hybridized carbons (Fsp3) is 0.111. The number of carbonyl (C=O) groups excluding carboxylic acids is 1. The van der Waals surface area contributed by atoms with Gasteiger partial charge >= 0.3 is 5.97 Å². The highest BCUT2D eigenvalue weighted by molar-refractivity contribution is 5.95. The number of benzene rings is 3. The van der Waals surface area contributed by atoms with Crippen molar-refractivity contribution in [2.45, 2.75) is 13.0 Å². The van der Waals surface area contributed by atoms with Gasteiger partial charge in [-0.2, -0.15) is 5.10 Å². The number of aromatic nitrogens is 2. The molecule has 0 bridgehead atoms. The quantitative estimate of drug-likeness (QED) is 0.337. The van der Waals surface area contributed by atoms with Crippen molar-refractivity contribution >= 4 is 39.8 Å². The second-order valence-corrected chi connectivity index (χ2v) is 8.37. The highest BCUT2D eigenvalue weighted by Gasteiger charge is 2.19. The third kappa shape index (κ3) is 4.06. The molecule has 2 aromatic heterocycles. The maximum absolute atomic E-state index is 13.1. The molecule has 3 aromatic carbocycles. The second kappa shape index (κ2) is 8.57. The zero-order chi connectivity index (χ0) is 24.7. The fourth-order valence-corrected chi connectivity index (χ4v) is 4.25. The molecule has 174 valence electrons. The number of hydrogen-bond donors (Lipinski definition) is 2. The number of carbonyl (C=O) groups is 2. The zero-order valence-electron chi connectivity index (χ0n) is 19.0. The monoisotopic (exact) mass is 467 g/mol. The molecule has 8 heteroatoms. The first-order valence-electron chi connectivity index (χ1n) is 10.9. The minimum absolute atomic E-state index is 0.113. The molecule has 0 aliphatic heterocycles. The molecular formula is C27H21N3O5. The molecule has 0 radical (unpaired) electrons. The number of aldehydes is 1. The van der Waals surface area contributed by atoms with Crippen molar-refractivity contribution in [3.05, 3.63) is 93.8 Å². The SMILES string of the molecule is CC(Nc1ccccc1C(=O)O)c1cc(C=O)cc2c(=O)cc(-c3ccc4nn(C)cc4c3)oc12. The lowest BCUT2D eigenvalue weighted by Crippen LogP contribution is -2.13. The number of aryl methyl sites for hydroxylation is 1. The van der Waals surface area contributed by atoms with Crippen molar-refractivity contribution in [3.63, 3.8) is 0 Å². The third-order valence-electron chi connectivity index (χ3n) is 5.92. The molecule has 35 heavy (non-hydrogen) atoms. The van der Waals surface area contributed by atoms with Gasteiger partial charge < -0.3 is 14.8 Å². The first kappa shape index (κ1) is 22.1. The van der Waals surface area contributed by atoms with E-state index in [0.29, 0.717) is 40.0 Å². The molecule has 0 fully saturated rings. The summed E-state index contributed by atoms with van der Waals surface area (Å²) in [6, 6.07) is 16.2. The minimum atomic E-state index is -1.06. The number of carboxylic acid groups (broad SMARTS) is 1. The van der Waals surface area contributed by atoms with Gasteiger partial charge in [-0.3, -0.25) is 14.3 Å². The van der Waals surface area contributed by atoms with Crippen LogP contribution in [0.15, 0.2) is 76.1 Å². The number of aromatic carboxylic acids is 1. The van der Waals surface area contributed by atoms with Crippen molar-refractivity contribution in [1.82, 2.24) is 9.78 Å². The van der Waals surface area contributed by atoms with Crippen LogP contribution < -0.4 is 10.7 Å². The molecule has 0 amide bonds. The highest BCUT2D eigenvalue weighted by atomic mass is 16.4. The standard InChI is InChI=1S/C27H21N3O5/c1-15(28-23-6-4-3-5-19(23)27(33)34)20-9-16(14-31)10-21-24(32)12-25(35-26(20)21)17-7-8-22-18(11-17)13-30(2)29-22/h3-15,28H,1-2H3,(H,33,34). The number of para-hydroxylation sites is 1. The molecule has 2 heterocycles. The van der Waals surface area contributed by atoms with E-state index in [0.717, 1.165) is 10.9 Å². The molecule has 0 saturated carbocycles. The molecule has 0 saturated heterocycles. The number of hydrogen-bond acceptors (Lipinski definition) is 6. The van der Waals surface area contributed by atoms with Gasteiger partial charge in [0.1, 0.15) is 17.6 Å². The molecule has 1 atom stereocenters. The van der Waals surface area contributed by atoms with Gasteiger partial charge in [-0.25, -0.2) is 4.79 Å². The van der Waals surface area contributed by atoms with Crippen LogP contribution in [0.25, 0.3) is 33.2 Å². The van der Waals surface area contributed by atoms with Crippen molar-refractivity contribution < 1.29 is 19.1 Å². The lowest BCUT2D eigenvalue weighted by molar-refractivity contribution is 0.0697. The summed E-state index contributed by atoms with van der Waals surface area (Å²) in [5, 5.41) is 18.3. The average molecular weight is 467 g/mol. The van der Waals surface area contributed by atoms with E-state index in [2.05, 4.69) is 10.4 Å². The molecule has 8 nitrogen and oxygen atoms in total. The summed E-state index contributed by atoms with van der Waals surface area (Å²) in [5.41, 5.74) is 3.00. The van der Waals surface area contributed by atoms with Gasteiger partial charge in [0.05, 0.1) is 22.5 Å². The lowest BCUT2D eigenvalue weighted by Gasteiger charge is -2.19. The van der Waals surface area contributed by atoms with Crippen molar-refractivity contribution in [2.75, 3.05) is 5.32 Å². The van der Waals surface area contributed by atoms with Crippen molar-refractivity contribution in [2.24, 2.45) is 7.05 Å². The van der Waals surface area contributed by atoms with Crippen LogP contribution in [-0.4, -0.2) is 27.1 Å². The Balaban J connectivity index is 1.66. The van der Waals surface area contributed by atoms with Crippen LogP contribution >= 0.6 is 0 Å². The molecule has 1 unspecified atom stereocenters. The van der Waals surface area contributed by atoms with Crippen molar-refractivity contribution in [1.29, 1.82) is 0 Å². The van der Waals surface area contributed by atoms with Crippen LogP contribution in [0.1, 0.15) is 39.2 Å². The molecular weight excluding hydrogens is 446 g/mol. The van der Waals surface area contributed by atoms with E-state index in [-0.39, 0.29) is 16.4 Å². The Bertz CT molecular complexity index is 1680. The summed E-state index contributed by atoms with van der Waals surface area (Å²) >= 11 is 0. The first-order chi connectivity index (χ1) is 16.8. The Morgan fingerprint density at radius 2 is 1.94 bits per heavy atom. The molecule has 0 aliphatic carbocycles. The van der Waals surface area contributed by atoms with Gasteiger partial charge in [-0.15, -0.1) is 0 Å². The predicted molar refractivity (Wildman–Crippen MR) is 133 cm³/mol. The number of carboxylic acids is 1. The number of nitrogens with one attached hydrogen (secondary N) is 1. The summed E-state index contributed by atoms with van der Waals surface area (Å²) in [6.07, 6.45) is 2.55. The highest BCUT2D eigenvalue weighted by Crippen LogP contribution is 2.32. The number of fused-ring (bicyclic) bond motifs is 2. The topological polar surface area (TPSA) is 114 Å². The normalized spacial score (nSPS) is 12.1. The van der Waals surface area contributed by atoms with Crippen LogP contribution in [0.3, 0.4) is 0 Å². The van der Waals surface area contributed by atoms with Crippen molar-refractivity contribution in [3.8, 4) is 11.3 Å². The molecule has 0 aliphatic rings. The summed E-state index contributed by atoms with van der Waals surface area (Å²) in [6.45, 7) is 1.82. The Hall–Kier alpha value is -4.72. The van der Waals surface area contributed by atoms with Crippen LogP contribution in [0, 0.1) is 0 Å². The summed E-state index contributed by atoms with van der Waals surface area (Å²) in [4.78, 5) is 36.4. The smallest absolute Gasteiger partial charge is 0.337 e. The Morgan fingerprint density at radius 3 is 2.71 bits per heavy atom. The predicted octanol–water partition coefficient (Wildman–Crippen LogP) is 5.03. The fourth-order valence-electron chi connectivity index (χ4n) is 4.25. The van der Waals surface area contributed by atoms with E-state index in [9.17, 15) is 19.5 Å². The largest absolute Gasteiger partial charge is 0.478 e. The van der Waals surface area contributed by atoms with E-state index >= 15 is 0 Å². The second-order valence-electron chi connectivity index (χ2n) is 8.37. The van der Waals surface area contributed by atoms with E-state index in [1.165, 1.54) is 18.2 Å². The van der Waals surface area contributed by atoms with Gasteiger partial charge in [0, 0.05) is 47.1 Å². The van der Waals surface area contributed by atoms with Crippen LogP contribution in [0.4, 0.5) is 5.69 Å². The van der Waals surface area contributed by atoms with E-state index in [1.807, 2.05) is 38.4 Å². The molecule has 0 spiro atoms. The Labute approximate surface area is 199 Å². The molecule has 5 aromatic rings. The Morgan fingerprint density at radius 1 is 1.14 bits per heavy atom. The zero-order valence-corrected chi connectivity index (χ0v) is 19.0. The maximum Gasteiger partial charge on any atom is 0.337 e. The first-order valence-corrected chi connectivity index (χ1v) is 10.9. The number of anilines is 1. The van der Waals surface area contributed by atoms with Gasteiger partial charge in [0.2, 0.25) is 0 Å². The van der Waals surface area contributed by atoms with Crippen LogP contribution in [-0.2, 0) is 7.05 Å². The van der Waals surface area contributed by atoms with Crippen LogP contribution in [0.2, 0.25) is 0 Å². The lowest BCUT2D eigenvalue weighted by atomic mass is 10.00. The van der Waals surface area contributed by atoms with E-state index in [1.54, 1.807) is 28.9 Å². The Kier molecular flexibility index (Phi) is 5.41. The van der Waals surface area contributed by atoms with Gasteiger partial charge in [-0.05, 0) is 49.4 Å². The van der Waals surface area contributed by atoms with E-state index < -0.39 is 12.0 Å². The summed E-state index contributed by atoms with van der Waals surface area (Å²) in [5.74, 6) is -0.682. The average Bonchev–Trinajstić information content (AvgIpc) is 3.22. The molecule has 2 N–H and O–H groups in total. The maximum atomic E-state index is 13.1. The summed E-state index contributed by atoms with van der Waals surface area (Å²) in [7, 11) is 1.84. The van der Waals surface area contributed by atoms with E-state index in [4.69, 9.17) is 4.42 Å². The number of rotatable bonds is 6. The number of nitrogens with zero attached hydrogens (tertiary/aromatic N) is 2. The van der Waals surface area contributed by atoms with Crippen LogP contribution in [0.5, 0.6) is 0 Å². The summed E-state index contributed by atoms with van der Waals surface area (Å²) < 4.78 is 7.97.